The van der Waals surface area contributed by atoms with E-state index in [1.807, 2.05) is 29.2 Å². The highest BCUT2D eigenvalue weighted by molar-refractivity contribution is 8.03. The first-order chi connectivity index (χ1) is 9.75. The average Bonchev–Trinajstić information content (AvgIpc) is 2.85. The van der Waals surface area contributed by atoms with Gasteiger partial charge in [-0.1, -0.05) is 23.9 Å². The zero-order valence-electron chi connectivity index (χ0n) is 10.4. The average molecular weight is 282 g/mol. The van der Waals surface area contributed by atoms with Crippen LogP contribution in [0.4, 0.5) is 11.5 Å². The zero-order chi connectivity index (χ0) is 13.7. The van der Waals surface area contributed by atoms with Crippen molar-refractivity contribution in [2.45, 2.75) is 11.3 Å². The van der Waals surface area contributed by atoms with Gasteiger partial charge in [-0.25, -0.2) is 9.97 Å². The van der Waals surface area contributed by atoms with E-state index in [9.17, 15) is 4.79 Å². The van der Waals surface area contributed by atoms with Gasteiger partial charge in [-0.15, -0.1) is 0 Å². The molecule has 1 aromatic heterocycles. The van der Waals surface area contributed by atoms with Gasteiger partial charge in [-0.2, -0.15) is 0 Å². The maximum atomic E-state index is 11.7. The highest BCUT2D eigenvalue weighted by atomic mass is 32.2. The van der Waals surface area contributed by atoms with Crippen molar-refractivity contribution in [1.29, 1.82) is 0 Å². The second kappa shape index (κ2) is 4.08. The number of fused-ring (bicyclic) bond motifs is 5. The number of hydrogen-bond acceptors (Lipinski definition) is 5. The van der Waals surface area contributed by atoms with Gasteiger partial charge in [0.2, 0.25) is 5.91 Å². The van der Waals surface area contributed by atoms with E-state index in [1.54, 1.807) is 18.0 Å². The number of primary amides is 1. The Balaban J connectivity index is 2.00. The van der Waals surface area contributed by atoms with Crippen LogP contribution in [-0.4, -0.2) is 15.9 Å². The molecule has 1 amide bonds. The van der Waals surface area contributed by atoms with Gasteiger partial charge in [0, 0.05) is 23.1 Å². The Kier molecular flexibility index (Phi) is 2.34. The molecule has 0 radical (unpaired) electrons. The molecule has 6 heteroatoms. The van der Waals surface area contributed by atoms with Crippen LogP contribution in [0.15, 0.2) is 52.3 Å². The highest BCUT2D eigenvalue weighted by Gasteiger charge is 2.36. The zero-order valence-corrected chi connectivity index (χ0v) is 11.2. The largest absolute Gasteiger partial charge is 0.366 e. The molecule has 98 valence electrons. The number of thioether (sulfide) groups is 1. The molecular weight excluding hydrogens is 272 g/mol. The number of amides is 1. The number of rotatable bonds is 1. The van der Waals surface area contributed by atoms with Crippen LogP contribution in [0.3, 0.4) is 0 Å². The van der Waals surface area contributed by atoms with Crippen molar-refractivity contribution in [1.82, 2.24) is 9.97 Å². The van der Waals surface area contributed by atoms with Gasteiger partial charge in [0.1, 0.15) is 12.1 Å². The normalized spacial score (nSPS) is 15.7. The Morgan fingerprint density at radius 1 is 1.35 bits per heavy atom. The number of carbonyl (C=O) groups is 1. The summed E-state index contributed by atoms with van der Waals surface area (Å²) in [7, 11) is 0. The number of carbonyl (C=O) groups excluding carboxylic acids is 1. The summed E-state index contributed by atoms with van der Waals surface area (Å²) in [5.74, 6) is 0.442. The van der Waals surface area contributed by atoms with Crippen molar-refractivity contribution in [3.8, 4) is 0 Å². The minimum Gasteiger partial charge on any atom is -0.366 e. The van der Waals surface area contributed by atoms with E-state index in [2.05, 4.69) is 9.97 Å². The fourth-order valence-corrected chi connectivity index (χ4v) is 3.72. The summed E-state index contributed by atoms with van der Waals surface area (Å²) in [4.78, 5) is 23.3. The summed E-state index contributed by atoms with van der Waals surface area (Å²) >= 11 is 1.56. The lowest BCUT2D eigenvalue weighted by molar-refractivity contribution is -0.114. The van der Waals surface area contributed by atoms with E-state index in [-0.39, 0.29) is 5.91 Å². The third kappa shape index (κ3) is 1.48. The van der Waals surface area contributed by atoms with E-state index in [0.717, 1.165) is 27.0 Å². The first kappa shape index (κ1) is 11.5. The van der Waals surface area contributed by atoms with Crippen molar-refractivity contribution < 1.29 is 4.79 Å². The van der Waals surface area contributed by atoms with Crippen molar-refractivity contribution in [3.63, 3.8) is 0 Å². The Morgan fingerprint density at radius 2 is 2.20 bits per heavy atom. The van der Waals surface area contributed by atoms with Crippen LogP contribution in [0.1, 0.15) is 5.56 Å². The van der Waals surface area contributed by atoms with Gasteiger partial charge in [-0.05, 0) is 12.1 Å². The van der Waals surface area contributed by atoms with Gasteiger partial charge in [0.25, 0.3) is 0 Å². The number of nitrogens with zero attached hydrogens (tertiary/aromatic N) is 3. The van der Waals surface area contributed by atoms with Crippen LogP contribution in [0, 0.1) is 0 Å². The molecule has 20 heavy (non-hydrogen) atoms. The molecule has 0 saturated heterocycles. The summed E-state index contributed by atoms with van der Waals surface area (Å²) in [6.45, 7) is 0. The number of hydrogen-bond donors (Lipinski definition) is 1. The van der Waals surface area contributed by atoms with Crippen LogP contribution in [0.5, 0.6) is 0 Å². The minimum atomic E-state index is -0.389. The number of benzene rings is 1. The molecule has 2 N–H and O–H groups in total. The molecule has 0 spiro atoms. The van der Waals surface area contributed by atoms with Crippen molar-refractivity contribution >= 4 is 29.2 Å². The van der Waals surface area contributed by atoms with Crippen LogP contribution in [0.25, 0.3) is 0 Å². The van der Waals surface area contributed by atoms with Gasteiger partial charge in [-0.3, -0.25) is 9.69 Å². The van der Waals surface area contributed by atoms with Gasteiger partial charge < -0.3 is 5.73 Å². The predicted molar refractivity (Wildman–Crippen MR) is 76.4 cm³/mol. The first-order valence-corrected chi connectivity index (χ1v) is 6.96. The van der Waals surface area contributed by atoms with Crippen molar-refractivity contribution in [3.05, 3.63) is 53.0 Å². The second-order valence-corrected chi connectivity index (χ2v) is 5.63. The number of anilines is 2. The molecule has 0 fully saturated rings. The Labute approximate surface area is 119 Å². The van der Waals surface area contributed by atoms with E-state index >= 15 is 0 Å². The fourth-order valence-electron chi connectivity index (χ4n) is 2.53. The Hall–Kier alpha value is -2.34. The summed E-state index contributed by atoms with van der Waals surface area (Å²) in [6.07, 6.45) is 3.75. The molecule has 4 rings (SSSR count). The molecule has 1 aromatic carbocycles. The SMILES string of the molecule is NC(=O)C1=C2Sc3ccccc3N2c2ncncc2C1. The molecule has 2 aromatic rings. The molecule has 0 aliphatic carbocycles. The Morgan fingerprint density at radius 3 is 3.05 bits per heavy atom. The van der Waals surface area contributed by atoms with Gasteiger partial charge in [0.15, 0.2) is 0 Å². The van der Waals surface area contributed by atoms with E-state index < -0.39 is 0 Å². The molecular formula is C14H10N4OS. The molecule has 2 aliphatic rings. The summed E-state index contributed by atoms with van der Waals surface area (Å²) in [5.41, 5.74) is 8.11. The molecule has 2 aliphatic heterocycles. The summed E-state index contributed by atoms with van der Waals surface area (Å²) in [6, 6.07) is 8.01. The predicted octanol–water partition coefficient (Wildman–Crippen LogP) is 1.97. The van der Waals surface area contributed by atoms with E-state index in [1.165, 1.54) is 6.33 Å². The topological polar surface area (TPSA) is 72.1 Å². The Bertz CT molecular complexity index is 771. The van der Waals surface area contributed by atoms with Gasteiger partial charge in [0.05, 0.1) is 16.3 Å². The smallest absolute Gasteiger partial charge is 0.247 e. The van der Waals surface area contributed by atoms with Gasteiger partial charge >= 0.3 is 0 Å². The second-order valence-electron chi connectivity index (χ2n) is 4.60. The number of nitrogens with two attached hydrogens (primary N) is 1. The third-order valence-electron chi connectivity index (χ3n) is 3.41. The number of aromatic nitrogens is 2. The quantitative estimate of drug-likeness (QED) is 0.865. The van der Waals surface area contributed by atoms with Crippen molar-refractivity contribution in [2.75, 3.05) is 4.90 Å². The van der Waals surface area contributed by atoms with E-state index in [4.69, 9.17) is 5.73 Å². The lowest BCUT2D eigenvalue weighted by atomic mass is 10.0. The summed E-state index contributed by atoms with van der Waals surface area (Å²) < 4.78 is 0. The molecule has 0 unspecified atom stereocenters. The molecule has 5 nitrogen and oxygen atoms in total. The molecule has 0 atom stereocenters. The van der Waals surface area contributed by atoms with Crippen LogP contribution < -0.4 is 10.6 Å². The lowest BCUT2D eigenvalue weighted by Crippen LogP contribution is -2.27. The fraction of sp³-hybridized carbons (Fsp3) is 0.0714. The molecule has 0 saturated carbocycles. The standard InChI is InChI=1S/C14H10N4OS/c15-12(19)9-5-8-6-16-7-17-13(8)18-10-3-1-2-4-11(10)20-14(9)18/h1-4,6-7H,5H2,(H2,15,19). The monoisotopic (exact) mass is 282 g/mol. The van der Waals surface area contributed by atoms with Crippen molar-refractivity contribution in [2.24, 2.45) is 5.73 Å². The minimum absolute atomic E-state index is 0.389. The maximum absolute atomic E-state index is 11.7. The van der Waals surface area contributed by atoms with E-state index in [0.29, 0.717) is 12.0 Å². The number of para-hydroxylation sites is 1. The molecule has 3 heterocycles. The lowest BCUT2D eigenvalue weighted by Gasteiger charge is -2.27. The summed E-state index contributed by atoms with van der Waals surface area (Å²) in [5, 5.41) is 0.866. The first-order valence-electron chi connectivity index (χ1n) is 6.14. The van der Waals surface area contributed by atoms with Crippen LogP contribution >= 0.6 is 11.8 Å². The van der Waals surface area contributed by atoms with Crippen LogP contribution in [-0.2, 0) is 11.2 Å². The van der Waals surface area contributed by atoms with Crippen LogP contribution in [0.2, 0.25) is 0 Å². The highest BCUT2D eigenvalue weighted by Crippen LogP contribution is 2.53. The maximum Gasteiger partial charge on any atom is 0.247 e. The molecule has 0 bridgehead atoms. The third-order valence-corrected chi connectivity index (χ3v) is 4.60.